The zero-order chi connectivity index (χ0) is 53.6. The third-order valence-electron chi connectivity index (χ3n) is 12.9. The molecule has 402 valence electrons. The molecule has 3 aliphatic rings. The molecular formula is C51H63N9O15. The first-order chi connectivity index (χ1) is 36.2. The Hall–Kier alpha value is -7.56. The normalized spacial score (nSPS) is 19.8. The summed E-state index contributed by atoms with van der Waals surface area (Å²) in [6, 6.07) is 14.3. The molecule has 5 heterocycles. The molecule has 2 aromatic heterocycles. The fourth-order valence-corrected chi connectivity index (χ4v) is 8.62. The van der Waals surface area contributed by atoms with Gasteiger partial charge in [-0.2, -0.15) is 15.2 Å². The van der Waals surface area contributed by atoms with Crippen LogP contribution in [0.15, 0.2) is 54.6 Å². The number of nitrogens with two attached hydrogens (primary N) is 1. The number of carboxylic acid groups (broad SMARTS) is 1. The number of imide groups is 1. The average Bonchev–Trinajstić information content (AvgIpc) is 3.93. The number of carbonyl (C=O) groups excluding carboxylic acids is 4. The second-order valence-electron chi connectivity index (χ2n) is 18.2. The van der Waals surface area contributed by atoms with Gasteiger partial charge in [0.05, 0.1) is 32.3 Å². The van der Waals surface area contributed by atoms with Crippen LogP contribution in [0.5, 0.6) is 23.3 Å². The number of fused-ring (bicyclic) bond motifs is 1. The Kier molecular flexibility index (Phi) is 19.2. The van der Waals surface area contributed by atoms with Crippen molar-refractivity contribution in [2.45, 2.75) is 102 Å². The molecule has 75 heavy (non-hydrogen) atoms. The Morgan fingerprint density at radius 3 is 2.33 bits per heavy atom. The average molecular weight is 1040 g/mol. The lowest BCUT2D eigenvalue weighted by atomic mass is 9.99. The van der Waals surface area contributed by atoms with Gasteiger partial charge in [0.15, 0.2) is 11.8 Å². The van der Waals surface area contributed by atoms with E-state index in [0.717, 1.165) is 28.9 Å². The van der Waals surface area contributed by atoms with Crippen molar-refractivity contribution in [3.8, 4) is 29.3 Å². The van der Waals surface area contributed by atoms with Crippen LogP contribution in [0.3, 0.4) is 0 Å². The number of benzene rings is 2. The van der Waals surface area contributed by atoms with Crippen LogP contribution in [-0.4, -0.2) is 170 Å². The van der Waals surface area contributed by atoms with Crippen LogP contribution >= 0.6 is 0 Å². The van der Waals surface area contributed by atoms with Crippen molar-refractivity contribution in [1.29, 1.82) is 5.26 Å². The third kappa shape index (κ3) is 14.2. The minimum absolute atomic E-state index is 0.0359. The number of methoxy groups -OCH3 is 1. The van der Waals surface area contributed by atoms with Gasteiger partial charge < -0.3 is 69.4 Å². The van der Waals surface area contributed by atoms with E-state index in [2.05, 4.69) is 33.2 Å². The van der Waals surface area contributed by atoms with Crippen molar-refractivity contribution in [3.63, 3.8) is 0 Å². The quantitative estimate of drug-likeness (QED) is 0.0409. The van der Waals surface area contributed by atoms with Gasteiger partial charge in [-0.3, -0.25) is 24.2 Å². The van der Waals surface area contributed by atoms with Crippen molar-refractivity contribution >= 4 is 46.6 Å². The molecule has 5 atom stereocenters. The number of aliphatic hydroxyl groups excluding tert-OH is 3. The molecule has 0 aliphatic carbocycles. The number of rotatable bonds is 25. The third-order valence-corrected chi connectivity index (χ3v) is 12.9. The molecule has 0 spiro atoms. The second-order valence-corrected chi connectivity index (χ2v) is 18.2. The topological polar surface area (TPSA) is 324 Å². The van der Waals surface area contributed by atoms with Crippen LogP contribution in [0.1, 0.15) is 74.3 Å². The number of nitriles is 1. The molecule has 0 bridgehead atoms. The van der Waals surface area contributed by atoms with E-state index >= 15 is 0 Å². The second kappa shape index (κ2) is 26.1. The number of carbonyl (C=O) groups is 5. The number of amides is 4. The summed E-state index contributed by atoms with van der Waals surface area (Å²) in [4.78, 5) is 74.9. The van der Waals surface area contributed by atoms with E-state index in [1.54, 1.807) is 28.7 Å². The summed E-state index contributed by atoms with van der Waals surface area (Å²) >= 11 is 0. The van der Waals surface area contributed by atoms with E-state index in [1.165, 1.54) is 24.3 Å². The predicted molar refractivity (Wildman–Crippen MR) is 265 cm³/mol. The number of nitrogens with one attached hydrogen (secondary N) is 1. The Morgan fingerprint density at radius 2 is 1.61 bits per heavy atom. The zero-order valence-electron chi connectivity index (χ0n) is 41.8. The first-order valence-electron chi connectivity index (χ1n) is 24.8. The molecule has 4 aromatic rings. The summed E-state index contributed by atoms with van der Waals surface area (Å²) in [5, 5.41) is 53.9. The molecule has 2 fully saturated rings. The Bertz CT molecular complexity index is 2740. The zero-order valence-corrected chi connectivity index (χ0v) is 41.8. The first-order valence-corrected chi connectivity index (χ1v) is 24.8. The maximum absolute atomic E-state index is 13.4. The molecular weight excluding hydrogens is 979 g/mol. The van der Waals surface area contributed by atoms with Crippen molar-refractivity contribution < 1.29 is 72.8 Å². The molecule has 0 saturated carbocycles. The van der Waals surface area contributed by atoms with Crippen molar-refractivity contribution in [3.05, 3.63) is 77.0 Å². The van der Waals surface area contributed by atoms with Gasteiger partial charge in [0.1, 0.15) is 59.7 Å². The van der Waals surface area contributed by atoms with Gasteiger partial charge in [-0.1, -0.05) is 31.9 Å². The maximum Gasteiger partial charge on any atom is 0.410 e. The smallest absolute Gasteiger partial charge is 0.410 e. The summed E-state index contributed by atoms with van der Waals surface area (Å²) in [5.74, 6) is -1.35. The summed E-state index contributed by atoms with van der Waals surface area (Å²) in [6.45, 7) is 5.62. The summed E-state index contributed by atoms with van der Waals surface area (Å²) in [6.07, 6.45) is -3.09. The van der Waals surface area contributed by atoms with Crippen LogP contribution < -0.4 is 30.0 Å². The fourth-order valence-electron chi connectivity index (χ4n) is 8.62. The SMILES string of the molecule is CCCCOc1nc(N)c2cc(C#N)n(Cc3ccc(CN4CCN(C(=O)OCc5ccc(O[C@@H]6O[C@H](C(=O)O)[C@@H](O)[C@H](O)[C@H]6O)cc5OCCCNC(=O)CCCCCN5C(=O)C=CC5=O)CC4)cc3OC)c2n1. The van der Waals surface area contributed by atoms with Gasteiger partial charge in [0.2, 0.25) is 12.2 Å². The molecule has 2 aromatic carbocycles. The Balaban J connectivity index is 0.914. The number of piperazine rings is 1. The monoisotopic (exact) mass is 1040 g/mol. The Labute approximate surface area is 432 Å². The summed E-state index contributed by atoms with van der Waals surface area (Å²) < 4.78 is 36.2. The number of anilines is 1. The lowest BCUT2D eigenvalue weighted by molar-refractivity contribution is -0.271. The largest absolute Gasteiger partial charge is 0.496 e. The number of ether oxygens (including phenoxy) is 6. The fraction of sp³-hybridized carbons (Fsp3) is 0.490. The molecule has 7 rings (SSSR count). The van der Waals surface area contributed by atoms with E-state index in [9.17, 15) is 49.7 Å². The van der Waals surface area contributed by atoms with E-state index in [4.69, 9.17) is 34.2 Å². The number of aliphatic carboxylic acids is 1. The molecule has 3 aliphatic heterocycles. The standard InChI is InChI=1S/C51H63N9O15/c1-3-4-22-72-50-55-46(53)36-25-34(27-52)60(47(36)56-50)29-32-11-10-31(24-37(32)70-2)28-57-18-20-58(21-19-57)51(69)73-30-33-12-13-35(74-49-44(66)42(64)43(65)45(75-49)48(67)68)26-38(33)71-23-8-16-54-39(61)9-6-5-7-17-59-40(62)14-15-41(59)63/h10-15,24-26,42-45,49,64-66H,3-9,16-23,28-30H2,1-2H3,(H,54,61)(H,67,68)(H2,53,55,56)/t42-,43-,44+,45-,49+/m0/s1. The van der Waals surface area contributed by atoms with E-state index in [-0.39, 0.29) is 73.8 Å². The number of aliphatic hydroxyl groups is 3. The van der Waals surface area contributed by atoms with Gasteiger partial charge in [-0.25, -0.2) is 9.59 Å². The van der Waals surface area contributed by atoms with E-state index in [1.807, 2.05) is 18.2 Å². The van der Waals surface area contributed by atoms with Gasteiger partial charge in [0, 0.05) is 81.6 Å². The lowest BCUT2D eigenvalue weighted by Gasteiger charge is -2.38. The number of unbranched alkanes of at least 4 members (excludes halogenated alkanes) is 3. The number of carboxylic acids is 1. The molecule has 24 heteroatoms. The number of hydrogen-bond acceptors (Lipinski definition) is 19. The van der Waals surface area contributed by atoms with E-state index in [0.29, 0.717) is 99.6 Å². The van der Waals surface area contributed by atoms with Gasteiger partial charge >= 0.3 is 18.1 Å². The minimum atomic E-state index is -1.91. The lowest BCUT2D eigenvalue weighted by Crippen LogP contribution is -2.61. The molecule has 0 unspecified atom stereocenters. The summed E-state index contributed by atoms with van der Waals surface area (Å²) in [7, 11) is 1.58. The number of nitrogens with zero attached hydrogens (tertiary/aromatic N) is 7. The number of aromatic nitrogens is 3. The number of nitrogen functional groups attached to an aromatic ring is 1. The van der Waals surface area contributed by atoms with Crippen LogP contribution in [0.2, 0.25) is 0 Å². The highest BCUT2D eigenvalue weighted by Crippen LogP contribution is 2.32. The molecule has 2 saturated heterocycles. The summed E-state index contributed by atoms with van der Waals surface area (Å²) in [5.41, 5.74) is 9.31. The predicted octanol–water partition coefficient (Wildman–Crippen LogP) is 2.22. The van der Waals surface area contributed by atoms with Crippen LogP contribution in [0.4, 0.5) is 10.6 Å². The van der Waals surface area contributed by atoms with Crippen molar-refractivity contribution in [2.24, 2.45) is 0 Å². The highest BCUT2D eigenvalue weighted by Gasteiger charge is 2.48. The van der Waals surface area contributed by atoms with Gasteiger partial charge in [-0.05, 0) is 55.5 Å². The highest BCUT2D eigenvalue weighted by atomic mass is 16.7. The van der Waals surface area contributed by atoms with E-state index < -0.39 is 42.8 Å². The van der Waals surface area contributed by atoms with Crippen LogP contribution in [-0.2, 0) is 48.3 Å². The molecule has 4 amide bonds. The molecule has 24 nitrogen and oxygen atoms in total. The van der Waals surface area contributed by atoms with Crippen molar-refractivity contribution in [2.75, 3.05) is 65.3 Å². The minimum Gasteiger partial charge on any atom is -0.496 e. The first kappa shape index (κ1) is 55.2. The molecule has 7 N–H and O–H groups in total. The van der Waals surface area contributed by atoms with Crippen LogP contribution in [0, 0.1) is 11.3 Å². The van der Waals surface area contributed by atoms with Crippen LogP contribution in [0.25, 0.3) is 11.0 Å². The number of hydrogen-bond donors (Lipinski definition) is 6. The van der Waals surface area contributed by atoms with Gasteiger partial charge in [-0.15, -0.1) is 0 Å². The molecule has 0 radical (unpaired) electrons. The van der Waals surface area contributed by atoms with Crippen molar-refractivity contribution in [1.82, 2.24) is 34.6 Å². The highest BCUT2D eigenvalue weighted by molar-refractivity contribution is 6.12. The Morgan fingerprint density at radius 1 is 0.867 bits per heavy atom. The maximum atomic E-state index is 13.4. The van der Waals surface area contributed by atoms with Gasteiger partial charge in [0.25, 0.3) is 11.8 Å².